The molecular formula is C17H20N2O. The number of benzene rings is 1. The van der Waals surface area contributed by atoms with Gasteiger partial charge in [-0.3, -0.25) is 5.43 Å². The highest BCUT2D eigenvalue weighted by Crippen LogP contribution is 2.47. The van der Waals surface area contributed by atoms with E-state index in [0.717, 1.165) is 23.1 Å². The smallest absolute Gasteiger partial charge is 0.147 e. The molecule has 0 radical (unpaired) electrons. The molecule has 1 aliphatic rings. The predicted octanol–water partition coefficient (Wildman–Crippen LogP) is 4.47. The van der Waals surface area contributed by atoms with Crippen molar-refractivity contribution in [3.63, 3.8) is 0 Å². The van der Waals surface area contributed by atoms with E-state index in [-0.39, 0.29) is 0 Å². The van der Waals surface area contributed by atoms with Gasteiger partial charge in [-0.2, -0.15) is 5.10 Å². The molecule has 1 saturated carbocycles. The zero-order valence-electron chi connectivity index (χ0n) is 12.2. The van der Waals surface area contributed by atoms with Crippen LogP contribution in [0.3, 0.4) is 0 Å². The molecule has 2 aromatic rings. The standard InChI is InChI=1S/C17H20N2O/c1-11-6-12(2)8-14(7-11)19-18-10-15-4-5-17(20-15)16-9-13(16)3/h4-8,10,13,16,19H,9H2,1-3H3/b18-10-/t13-,16-/m1/s1. The van der Waals surface area contributed by atoms with Crippen molar-refractivity contribution in [3.8, 4) is 0 Å². The summed E-state index contributed by atoms with van der Waals surface area (Å²) in [5, 5.41) is 4.24. The third kappa shape index (κ3) is 2.93. The zero-order chi connectivity index (χ0) is 14.1. The number of anilines is 1. The van der Waals surface area contributed by atoms with Gasteiger partial charge in [-0.15, -0.1) is 0 Å². The molecule has 0 saturated heterocycles. The van der Waals surface area contributed by atoms with Crippen molar-refractivity contribution < 1.29 is 4.42 Å². The molecule has 1 aromatic heterocycles. The van der Waals surface area contributed by atoms with Crippen LogP contribution in [0.4, 0.5) is 5.69 Å². The first kappa shape index (κ1) is 13.0. The maximum absolute atomic E-state index is 5.77. The summed E-state index contributed by atoms with van der Waals surface area (Å²) in [5.41, 5.74) is 6.50. The average molecular weight is 268 g/mol. The lowest BCUT2D eigenvalue weighted by atomic mass is 10.1. The van der Waals surface area contributed by atoms with Gasteiger partial charge in [0.1, 0.15) is 11.5 Å². The second-order valence-electron chi connectivity index (χ2n) is 5.81. The molecule has 20 heavy (non-hydrogen) atoms. The van der Waals surface area contributed by atoms with E-state index in [9.17, 15) is 0 Å². The summed E-state index contributed by atoms with van der Waals surface area (Å²) in [7, 11) is 0. The fraction of sp³-hybridized carbons (Fsp3) is 0.353. The van der Waals surface area contributed by atoms with Gasteiger partial charge in [0.05, 0.1) is 11.9 Å². The maximum atomic E-state index is 5.77. The molecule has 1 aliphatic carbocycles. The predicted molar refractivity (Wildman–Crippen MR) is 82.4 cm³/mol. The number of hydrazone groups is 1. The number of hydrogen-bond donors (Lipinski definition) is 1. The highest BCUT2D eigenvalue weighted by molar-refractivity contribution is 5.76. The lowest BCUT2D eigenvalue weighted by Crippen LogP contribution is -1.91. The highest BCUT2D eigenvalue weighted by atomic mass is 16.3. The van der Waals surface area contributed by atoms with E-state index < -0.39 is 0 Å². The molecule has 1 heterocycles. The van der Waals surface area contributed by atoms with Crippen molar-refractivity contribution >= 4 is 11.9 Å². The van der Waals surface area contributed by atoms with E-state index in [1.165, 1.54) is 17.5 Å². The summed E-state index contributed by atoms with van der Waals surface area (Å²) in [6, 6.07) is 10.3. The first-order valence-electron chi connectivity index (χ1n) is 7.09. The van der Waals surface area contributed by atoms with Crippen molar-refractivity contribution in [1.82, 2.24) is 0 Å². The van der Waals surface area contributed by atoms with Crippen molar-refractivity contribution in [1.29, 1.82) is 0 Å². The van der Waals surface area contributed by atoms with Crippen molar-refractivity contribution in [2.45, 2.75) is 33.1 Å². The minimum Gasteiger partial charge on any atom is -0.460 e. The topological polar surface area (TPSA) is 37.5 Å². The van der Waals surface area contributed by atoms with E-state index >= 15 is 0 Å². The van der Waals surface area contributed by atoms with E-state index in [4.69, 9.17) is 4.42 Å². The molecule has 3 rings (SSSR count). The highest BCUT2D eigenvalue weighted by Gasteiger charge is 2.36. The van der Waals surface area contributed by atoms with E-state index in [1.807, 2.05) is 6.07 Å². The first-order chi connectivity index (χ1) is 9.61. The Balaban J connectivity index is 1.63. The van der Waals surface area contributed by atoms with Crippen LogP contribution in [0.25, 0.3) is 0 Å². The normalized spacial score (nSPS) is 21.4. The Morgan fingerprint density at radius 1 is 1.20 bits per heavy atom. The van der Waals surface area contributed by atoms with Crippen LogP contribution in [0.5, 0.6) is 0 Å². The van der Waals surface area contributed by atoms with Crippen molar-refractivity contribution in [3.05, 3.63) is 53.0 Å². The summed E-state index contributed by atoms with van der Waals surface area (Å²) >= 11 is 0. The van der Waals surface area contributed by atoms with E-state index in [0.29, 0.717) is 5.92 Å². The number of hydrogen-bond acceptors (Lipinski definition) is 3. The Hall–Kier alpha value is -2.03. The molecule has 1 N–H and O–H groups in total. The molecule has 2 atom stereocenters. The van der Waals surface area contributed by atoms with Gasteiger partial charge in [-0.05, 0) is 61.6 Å². The van der Waals surface area contributed by atoms with Gasteiger partial charge < -0.3 is 4.42 Å². The fourth-order valence-corrected chi connectivity index (χ4v) is 2.57. The maximum Gasteiger partial charge on any atom is 0.147 e. The Labute approximate surface area is 119 Å². The summed E-state index contributed by atoms with van der Waals surface area (Å²) in [5.74, 6) is 3.27. The molecule has 0 unspecified atom stereocenters. The average Bonchev–Trinajstić information content (AvgIpc) is 2.92. The van der Waals surface area contributed by atoms with E-state index in [2.05, 4.69) is 55.6 Å². The summed E-state index contributed by atoms with van der Waals surface area (Å²) in [6.07, 6.45) is 2.97. The molecule has 0 spiro atoms. The van der Waals surface area contributed by atoms with Gasteiger partial charge in [0.25, 0.3) is 0 Å². The lowest BCUT2D eigenvalue weighted by Gasteiger charge is -2.03. The van der Waals surface area contributed by atoms with Gasteiger partial charge in [0.15, 0.2) is 0 Å². The Kier molecular flexibility index (Phi) is 3.35. The van der Waals surface area contributed by atoms with Crippen LogP contribution in [0.2, 0.25) is 0 Å². The molecule has 3 heteroatoms. The van der Waals surface area contributed by atoms with Crippen molar-refractivity contribution in [2.24, 2.45) is 11.0 Å². The van der Waals surface area contributed by atoms with Gasteiger partial charge in [0.2, 0.25) is 0 Å². The third-order valence-electron chi connectivity index (χ3n) is 3.73. The van der Waals surface area contributed by atoms with Gasteiger partial charge in [0, 0.05) is 5.92 Å². The first-order valence-corrected chi connectivity index (χ1v) is 7.09. The van der Waals surface area contributed by atoms with Gasteiger partial charge in [-0.1, -0.05) is 13.0 Å². The molecular weight excluding hydrogens is 248 g/mol. The second kappa shape index (κ2) is 5.16. The molecule has 104 valence electrons. The van der Waals surface area contributed by atoms with Crippen LogP contribution in [0.15, 0.2) is 39.9 Å². The van der Waals surface area contributed by atoms with Crippen LogP contribution in [-0.4, -0.2) is 6.21 Å². The van der Waals surface area contributed by atoms with Crippen LogP contribution in [-0.2, 0) is 0 Å². The van der Waals surface area contributed by atoms with Crippen LogP contribution in [0.1, 0.15) is 41.9 Å². The fourth-order valence-electron chi connectivity index (χ4n) is 2.57. The minimum atomic E-state index is 0.615. The van der Waals surface area contributed by atoms with Gasteiger partial charge in [-0.25, -0.2) is 0 Å². The second-order valence-corrected chi connectivity index (χ2v) is 5.81. The molecule has 1 fully saturated rings. The number of rotatable bonds is 4. The minimum absolute atomic E-state index is 0.615. The number of furan rings is 1. The molecule has 0 aliphatic heterocycles. The zero-order valence-corrected chi connectivity index (χ0v) is 12.2. The van der Waals surface area contributed by atoms with Crippen LogP contribution >= 0.6 is 0 Å². The summed E-state index contributed by atoms with van der Waals surface area (Å²) in [4.78, 5) is 0. The summed E-state index contributed by atoms with van der Waals surface area (Å²) in [6.45, 7) is 6.41. The van der Waals surface area contributed by atoms with E-state index in [1.54, 1.807) is 6.21 Å². The largest absolute Gasteiger partial charge is 0.460 e. The third-order valence-corrected chi connectivity index (χ3v) is 3.73. The van der Waals surface area contributed by atoms with Gasteiger partial charge >= 0.3 is 0 Å². The monoisotopic (exact) mass is 268 g/mol. The molecule has 0 amide bonds. The van der Waals surface area contributed by atoms with Crippen molar-refractivity contribution in [2.75, 3.05) is 5.43 Å². The van der Waals surface area contributed by atoms with Crippen LogP contribution in [0, 0.1) is 19.8 Å². The Morgan fingerprint density at radius 3 is 2.55 bits per heavy atom. The Morgan fingerprint density at radius 2 is 1.90 bits per heavy atom. The number of aryl methyl sites for hydroxylation is 2. The lowest BCUT2D eigenvalue weighted by molar-refractivity contribution is 0.500. The Bertz CT molecular complexity index is 622. The molecule has 1 aromatic carbocycles. The molecule has 3 nitrogen and oxygen atoms in total. The number of nitrogens with one attached hydrogen (secondary N) is 1. The molecule has 0 bridgehead atoms. The number of nitrogens with zero attached hydrogens (tertiary/aromatic N) is 1. The van der Waals surface area contributed by atoms with Crippen LogP contribution < -0.4 is 5.43 Å². The quantitative estimate of drug-likeness (QED) is 0.656. The SMILES string of the molecule is Cc1cc(C)cc(N/N=C\c2ccc([C@@H]3C[C@H]3C)o2)c1. The summed E-state index contributed by atoms with van der Waals surface area (Å²) < 4.78 is 5.77.